The van der Waals surface area contributed by atoms with Crippen molar-refractivity contribution in [3.63, 3.8) is 0 Å². The maximum atomic E-state index is 4.32. The molecule has 86 valence electrons. The summed E-state index contributed by atoms with van der Waals surface area (Å²) in [7, 11) is 0. The minimum Gasteiger partial charge on any atom is -0.333 e. The molecule has 15 heavy (non-hydrogen) atoms. The van der Waals surface area contributed by atoms with E-state index >= 15 is 0 Å². The van der Waals surface area contributed by atoms with Crippen LogP contribution in [-0.4, -0.2) is 22.1 Å². The van der Waals surface area contributed by atoms with Crippen molar-refractivity contribution in [2.75, 3.05) is 6.54 Å². The van der Waals surface area contributed by atoms with Crippen LogP contribution < -0.4 is 5.32 Å². The number of hydrogen-bond donors (Lipinski definition) is 1. The van der Waals surface area contributed by atoms with Crippen LogP contribution in [-0.2, 0) is 6.54 Å². The Bertz CT molecular complexity index is 302. The lowest BCUT2D eigenvalue weighted by Gasteiger charge is -2.22. The van der Waals surface area contributed by atoms with E-state index < -0.39 is 0 Å². The number of hydrogen-bond acceptors (Lipinski definition) is 2. The van der Waals surface area contributed by atoms with Gasteiger partial charge in [-0.1, -0.05) is 20.8 Å². The summed E-state index contributed by atoms with van der Waals surface area (Å²) < 4.78 is 2.24. The van der Waals surface area contributed by atoms with Crippen molar-refractivity contribution < 1.29 is 0 Å². The van der Waals surface area contributed by atoms with Crippen LogP contribution >= 0.6 is 0 Å². The van der Waals surface area contributed by atoms with Crippen molar-refractivity contribution in [2.24, 2.45) is 5.92 Å². The van der Waals surface area contributed by atoms with Gasteiger partial charge in [0.15, 0.2) is 0 Å². The van der Waals surface area contributed by atoms with E-state index in [0.29, 0.717) is 12.0 Å². The molecule has 0 spiro atoms. The summed E-state index contributed by atoms with van der Waals surface area (Å²) in [6, 6.07) is 0.530. The highest BCUT2D eigenvalue weighted by Gasteiger charge is 2.13. The quantitative estimate of drug-likeness (QED) is 0.805. The molecule has 0 fully saturated rings. The van der Waals surface area contributed by atoms with Crippen LogP contribution in [0.5, 0.6) is 0 Å². The van der Waals surface area contributed by atoms with Crippen LogP contribution in [0, 0.1) is 19.8 Å². The minimum absolute atomic E-state index is 0.530. The SMILES string of the molecule is CCNC(Cn1cnc(C)c1C)C(C)C. The van der Waals surface area contributed by atoms with Crippen LogP contribution in [0.1, 0.15) is 32.2 Å². The molecule has 1 rings (SSSR count). The largest absolute Gasteiger partial charge is 0.333 e. The Labute approximate surface area is 92.9 Å². The fourth-order valence-electron chi connectivity index (χ4n) is 1.71. The van der Waals surface area contributed by atoms with Gasteiger partial charge in [0.1, 0.15) is 0 Å². The Morgan fingerprint density at radius 3 is 2.47 bits per heavy atom. The first-order chi connectivity index (χ1) is 7.06. The van der Waals surface area contributed by atoms with Crippen LogP contribution in [0.15, 0.2) is 6.33 Å². The van der Waals surface area contributed by atoms with Crippen molar-refractivity contribution in [2.45, 2.75) is 47.2 Å². The second kappa shape index (κ2) is 5.31. The van der Waals surface area contributed by atoms with Crippen LogP contribution in [0.4, 0.5) is 0 Å². The molecule has 0 aliphatic rings. The third-order valence-corrected chi connectivity index (χ3v) is 3.01. The van der Waals surface area contributed by atoms with E-state index in [9.17, 15) is 0 Å². The smallest absolute Gasteiger partial charge is 0.0951 e. The van der Waals surface area contributed by atoms with Crippen molar-refractivity contribution >= 4 is 0 Å². The lowest BCUT2D eigenvalue weighted by atomic mass is 10.0. The highest BCUT2D eigenvalue weighted by Crippen LogP contribution is 2.09. The summed E-state index contributed by atoms with van der Waals surface area (Å²) in [6.07, 6.45) is 1.94. The molecule has 0 aliphatic heterocycles. The Kier molecular flexibility index (Phi) is 4.33. The molecule has 1 aromatic heterocycles. The highest BCUT2D eigenvalue weighted by atomic mass is 15.1. The molecule has 0 aromatic carbocycles. The molecule has 0 radical (unpaired) electrons. The first-order valence-electron chi connectivity index (χ1n) is 5.78. The van der Waals surface area contributed by atoms with Gasteiger partial charge in [-0.25, -0.2) is 4.98 Å². The maximum Gasteiger partial charge on any atom is 0.0951 e. The van der Waals surface area contributed by atoms with Gasteiger partial charge in [-0.2, -0.15) is 0 Å². The van der Waals surface area contributed by atoms with Gasteiger partial charge in [0, 0.05) is 18.3 Å². The number of rotatable bonds is 5. The van der Waals surface area contributed by atoms with Crippen LogP contribution in [0.2, 0.25) is 0 Å². The molecule has 1 heterocycles. The standard InChI is InChI=1S/C12H23N3/c1-6-13-12(9(2)3)7-15-8-14-10(4)11(15)5/h8-9,12-13H,6-7H2,1-5H3. The minimum atomic E-state index is 0.530. The summed E-state index contributed by atoms with van der Waals surface area (Å²) in [5.41, 5.74) is 2.41. The van der Waals surface area contributed by atoms with E-state index in [4.69, 9.17) is 0 Å². The number of imidazole rings is 1. The summed E-state index contributed by atoms with van der Waals surface area (Å²) in [5.74, 6) is 0.645. The van der Waals surface area contributed by atoms with Gasteiger partial charge in [0.25, 0.3) is 0 Å². The average molecular weight is 209 g/mol. The first-order valence-corrected chi connectivity index (χ1v) is 5.78. The predicted molar refractivity (Wildman–Crippen MR) is 64.0 cm³/mol. The van der Waals surface area contributed by atoms with Gasteiger partial charge in [-0.15, -0.1) is 0 Å². The molecular formula is C12H23N3. The third-order valence-electron chi connectivity index (χ3n) is 3.01. The number of likely N-dealkylation sites (N-methyl/N-ethyl adjacent to an activating group) is 1. The van der Waals surface area contributed by atoms with E-state index in [1.165, 1.54) is 5.69 Å². The van der Waals surface area contributed by atoms with E-state index in [1.54, 1.807) is 0 Å². The van der Waals surface area contributed by atoms with E-state index in [1.807, 2.05) is 6.33 Å². The number of nitrogens with one attached hydrogen (secondary N) is 1. The van der Waals surface area contributed by atoms with Gasteiger partial charge in [0.05, 0.1) is 12.0 Å². The zero-order chi connectivity index (χ0) is 11.4. The average Bonchev–Trinajstić information content (AvgIpc) is 2.48. The molecule has 1 atom stereocenters. The van der Waals surface area contributed by atoms with E-state index in [-0.39, 0.29) is 0 Å². The van der Waals surface area contributed by atoms with Gasteiger partial charge in [-0.3, -0.25) is 0 Å². The van der Waals surface area contributed by atoms with Gasteiger partial charge in [-0.05, 0) is 26.3 Å². The second-order valence-electron chi connectivity index (χ2n) is 4.48. The summed E-state index contributed by atoms with van der Waals surface area (Å²) in [4.78, 5) is 4.32. The Morgan fingerprint density at radius 1 is 1.40 bits per heavy atom. The number of aryl methyl sites for hydroxylation is 1. The molecule has 1 unspecified atom stereocenters. The molecule has 3 heteroatoms. The number of aromatic nitrogens is 2. The van der Waals surface area contributed by atoms with Crippen molar-refractivity contribution in [1.82, 2.24) is 14.9 Å². The fourth-order valence-corrected chi connectivity index (χ4v) is 1.71. The lowest BCUT2D eigenvalue weighted by molar-refractivity contribution is 0.360. The molecule has 1 N–H and O–H groups in total. The summed E-state index contributed by atoms with van der Waals surface area (Å²) in [5, 5.41) is 3.52. The molecule has 3 nitrogen and oxygen atoms in total. The summed E-state index contributed by atoms with van der Waals surface area (Å²) in [6.45, 7) is 12.9. The summed E-state index contributed by atoms with van der Waals surface area (Å²) >= 11 is 0. The van der Waals surface area contributed by atoms with E-state index in [2.05, 4.69) is 49.5 Å². The topological polar surface area (TPSA) is 29.9 Å². The van der Waals surface area contributed by atoms with Crippen molar-refractivity contribution in [3.8, 4) is 0 Å². The zero-order valence-corrected chi connectivity index (χ0v) is 10.5. The van der Waals surface area contributed by atoms with Crippen LogP contribution in [0.3, 0.4) is 0 Å². The highest BCUT2D eigenvalue weighted by molar-refractivity contribution is 5.08. The first kappa shape index (κ1) is 12.2. The van der Waals surface area contributed by atoms with E-state index in [0.717, 1.165) is 18.8 Å². The second-order valence-corrected chi connectivity index (χ2v) is 4.48. The Balaban J connectivity index is 2.69. The molecular weight excluding hydrogens is 186 g/mol. The lowest BCUT2D eigenvalue weighted by Crippen LogP contribution is -2.37. The molecule has 0 saturated heterocycles. The predicted octanol–water partition coefficient (Wildman–Crippen LogP) is 2.13. The molecule has 0 bridgehead atoms. The molecule has 0 amide bonds. The maximum absolute atomic E-state index is 4.32. The molecule has 0 saturated carbocycles. The van der Waals surface area contributed by atoms with Crippen LogP contribution in [0.25, 0.3) is 0 Å². The molecule has 0 aliphatic carbocycles. The third kappa shape index (κ3) is 3.06. The van der Waals surface area contributed by atoms with Gasteiger partial charge >= 0.3 is 0 Å². The monoisotopic (exact) mass is 209 g/mol. The zero-order valence-electron chi connectivity index (χ0n) is 10.5. The van der Waals surface area contributed by atoms with Gasteiger partial charge < -0.3 is 9.88 Å². The van der Waals surface area contributed by atoms with Crippen molar-refractivity contribution in [1.29, 1.82) is 0 Å². The van der Waals surface area contributed by atoms with Gasteiger partial charge in [0.2, 0.25) is 0 Å². The Hall–Kier alpha value is -0.830. The Morgan fingerprint density at radius 2 is 2.07 bits per heavy atom. The fraction of sp³-hybridized carbons (Fsp3) is 0.750. The normalized spacial score (nSPS) is 13.5. The number of nitrogens with zero attached hydrogens (tertiary/aromatic N) is 2. The molecule has 1 aromatic rings. The van der Waals surface area contributed by atoms with Crippen molar-refractivity contribution in [3.05, 3.63) is 17.7 Å².